The maximum Gasteiger partial charge on any atom is 0.338 e. The molecule has 2 rings (SSSR count). The minimum Gasteiger partial charge on any atom is -0.494 e. The van der Waals surface area contributed by atoms with Gasteiger partial charge in [-0.3, -0.25) is 4.79 Å². The summed E-state index contributed by atoms with van der Waals surface area (Å²) < 4.78 is 5.52. The molecule has 1 aromatic heterocycles. The van der Waals surface area contributed by atoms with Gasteiger partial charge in [0, 0.05) is 11.3 Å². The molecular formula is C17H19NO4S. The number of anilines is 1. The Bertz CT molecular complexity index is 666. The van der Waals surface area contributed by atoms with Crippen molar-refractivity contribution in [1.29, 1.82) is 0 Å². The predicted molar refractivity (Wildman–Crippen MR) is 90.5 cm³/mol. The lowest BCUT2D eigenvalue weighted by Gasteiger charge is -2.06. The first-order chi connectivity index (χ1) is 11.1. The standard InChI is InChI=1S/C17H19NO4S/c1-2-13-11-14(17(20)21)16(23-13)18-15(19)9-6-10-22-12-7-4-3-5-8-12/h3-5,7-8,11H,2,6,9-10H2,1H3,(H,18,19)(H,20,21). The number of rotatable bonds is 8. The van der Waals surface area contributed by atoms with E-state index in [-0.39, 0.29) is 17.9 Å². The van der Waals surface area contributed by atoms with Crippen molar-refractivity contribution in [3.8, 4) is 5.75 Å². The Balaban J connectivity index is 1.81. The van der Waals surface area contributed by atoms with Crippen LogP contribution in [0.25, 0.3) is 0 Å². The second kappa shape index (κ2) is 8.33. The number of para-hydroxylation sites is 1. The van der Waals surface area contributed by atoms with Gasteiger partial charge in [-0.15, -0.1) is 11.3 Å². The number of hydrogen-bond donors (Lipinski definition) is 2. The van der Waals surface area contributed by atoms with Gasteiger partial charge in [-0.2, -0.15) is 0 Å². The highest BCUT2D eigenvalue weighted by Gasteiger charge is 2.16. The number of aromatic carboxylic acids is 1. The van der Waals surface area contributed by atoms with Crippen LogP contribution in [0.4, 0.5) is 5.00 Å². The van der Waals surface area contributed by atoms with E-state index < -0.39 is 5.97 Å². The largest absolute Gasteiger partial charge is 0.494 e. The molecule has 1 aromatic carbocycles. The van der Waals surface area contributed by atoms with Crippen LogP contribution in [0.2, 0.25) is 0 Å². The van der Waals surface area contributed by atoms with Gasteiger partial charge in [-0.1, -0.05) is 25.1 Å². The Morgan fingerprint density at radius 3 is 2.65 bits per heavy atom. The Morgan fingerprint density at radius 2 is 2.00 bits per heavy atom. The lowest BCUT2D eigenvalue weighted by atomic mass is 10.2. The fourth-order valence-corrected chi connectivity index (χ4v) is 3.00. The number of thiophene rings is 1. The summed E-state index contributed by atoms with van der Waals surface area (Å²) in [6, 6.07) is 11.0. The summed E-state index contributed by atoms with van der Waals surface area (Å²) in [5, 5.41) is 12.3. The second-order valence-electron chi connectivity index (χ2n) is 4.93. The lowest BCUT2D eigenvalue weighted by molar-refractivity contribution is -0.116. The molecule has 0 unspecified atom stereocenters. The number of ether oxygens (including phenoxy) is 1. The van der Waals surface area contributed by atoms with Crippen LogP contribution in [0.15, 0.2) is 36.4 Å². The van der Waals surface area contributed by atoms with Gasteiger partial charge in [0.05, 0.1) is 12.2 Å². The van der Waals surface area contributed by atoms with Gasteiger partial charge < -0.3 is 15.2 Å². The van der Waals surface area contributed by atoms with Crippen molar-refractivity contribution in [2.24, 2.45) is 0 Å². The first kappa shape index (κ1) is 17.0. The molecule has 0 aliphatic rings. The van der Waals surface area contributed by atoms with E-state index in [0.29, 0.717) is 18.0 Å². The fourth-order valence-electron chi connectivity index (χ4n) is 2.00. The number of hydrogen-bond acceptors (Lipinski definition) is 4. The van der Waals surface area contributed by atoms with Crippen LogP contribution in [-0.4, -0.2) is 23.6 Å². The van der Waals surface area contributed by atoms with Crippen molar-refractivity contribution in [2.45, 2.75) is 26.2 Å². The number of amides is 1. The molecule has 0 saturated heterocycles. The maximum atomic E-state index is 11.9. The quantitative estimate of drug-likeness (QED) is 0.720. The topological polar surface area (TPSA) is 75.6 Å². The van der Waals surface area contributed by atoms with Gasteiger partial charge in [-0.25, -0.2) is 4.79 Å². The van der Waals surface area contributed by atoms with E-state index in [4.69, 9.17) is 9.84 Å². The van der Waals surface area contributed by atoms with Crippen LogP contribution in [0.5, 0.6) is 5.75 Å². The highest BCUT2D eigenvalue weighted by atomic mass is 32.1. The molecule has 2 N–H and O–H groups in total. The highest BCUT2D eigenvalue weighted by Crippen LogP contribution is 2.28. The van der Waals surface area contributed by atoms with Crippen molar-refractivity contribution in [3.05, 3.63) is 46.8 Å². The average molecular weight is 333 g/mol. The lowest BCUT2D eigenvalue weighted by Crippen LogP contribution is -2.13. The van der Waals surface area contributed by atoms with Crippen LogP contribution in [0.3, 0.4) is 0 Å². The molecule has 6 heteroatoms. The molecule has 0 spiro atoms. The molecule has 2 aromatic rings. The van der Waals surface area contributed by atoms with Gasteiger partial charge >= 0.3 is 5.97 Å². The second-order valence-corrected chi connectivity index (χ2v) is 6.06. The molecule has 0 saturated carbocycles. The third kappa shape index (κ3) is 5.10. The molecule has 1 heterocycles. The van der Waals surface area contributed by atoms with Crippen LogP contribution in [0, 0.1) is 0 Å². The molecule has 1 amide bonds. The monoisotopic (exact) mass is 333 g/mol. The van der Waals surface area contributed by atoms with Crippen molar-refractivity contribution in [3.63, 3.8) is 0 Å². The molecule has 0 radical (unpaired) electrons. The average Bonchev–Trinajstić information content (AvgIpc) is 2.96. The zero-order chi connectivity index (χ0) is 16.7. The normalized spacial score (nSPS) is 10.3. The van der Waals surface area contributed by atoms with Crippen LogP contribution in [-0.2, 0) is 11.2 Å². The third-order valence-corrected chi connectivity index (χ3v) is 4.37. The number of aryl methyl sites for hydroxylation is 1. The summed E-state index contributed by atoms with van der Waals surface area (Å²) in [6.07, 6.45) is 1.59. The summed E-state index contributed by atoms with van der Waals surface area (Å²) in [5.41, 5.74) is 0.153. The first-order valence-electron chi connectivity index (χ1n) is 7.44. The van der Waals surface area contributed by atoms with Crippen molar-refractivity contribution in [1.82, 2.24) is 0 Å². The Labute approximate surface area is 138 Å². The van der Waals surface area contributed by atoms with Crippen molar-refractivity contribution in [2.75, 3.05) is 11.9 Å². The van der Waals surface area contributed by atoms with Gasteiger partial charge in [0.2, 0.25) is 5.91 Å². The van der Waals surface area contributed by atoms with E-state index in [1.807, 2.05) is 37.3 Å². The summed E-state index contributed by atoms with van der Waals surface area (Å²) in [4.78, 5) is 24.1. The maximum absolute atomic E-state index is 11.9. The Kier molecular flexibility index (Phi) is 6.17. The molecule has 0 bridgehead atoms. The Morgan fingerprint density at radius 1 is 1.26 bits per heavy atom. The first-order valence-corrected chi connectivity index (χ1v) is 8.25. The van der Waals surface area contributed by atoms with E-state index in [9.17, 15) is 9.59 Å². The molecule has 23 heavy (non-hydrogen) atoms. The van der Waals surface area contributed by atoms with Gasteiger partial charge in [-0.05, 0) is 31.0 Å². The summed E-state index contributed by atoms with van der Waals surface area (Å²) in [5.74, 6) is -0.454. The number of carbonyl (C=O) groups excluding carboxylic acids is 1. The molecule has 0 aliphatic heterocycles. The number of carboxylic acid groups (broad SMARTS) is 1. The fraction of sp³-hybridized carbons (Fsp3) is 0.294. The molecule has 5 nitrogen and oxygen atoms in total. The van der Waals surface area contributed by atoms with Crippen LogP contribution < -0.4 is 10.1 Å². The molecule has 0 fully saturated rings. The summed E-state index contributed by atoms with van der Waals surface area (Å²) >= 11 is 1.31. The van der Waals surface area contributed by atoms with Gasteiger partial charge in [0.15, 0.2) is 0 Å². The van der Waals surface area contributed by atoms with Crippen molar-refractivity contribution >= 4 is 28.2 Å². The van der Waals surface area contributed by atoms with E-state index in [0.717, 1.165) is 17.0 Å². The molecule has 0 atom stereocenters. The SMILES string of the molecule is CCc1cc(C(=O)O)c(NC(=O)CCCOc2ccccc2)s1. The smallest absolute Gasteiger partial charge is 0.338 e. The Hall–Kier alpha value is -2.34. The van der Waals surface area contributed by atoms with Crippen LogP contribution >= 0.6 is 11.3 Å². The third-order valence-electron chi connectivity index (χ3n) is 3.18. The predicted octanol–water partition coefficient (Wildman–Crippen LogP) is 3.81. The minimum absolute atomic E-state index is 0.153. The number of carbonyl (C=O) groups is 2. The van der Waals surface area contributed by atoms with Gasteiger partial charge in [0.1, 0.15) is 10.8 Å². The van der Waals surface area contributed by atoms with E-state index in [2.05, 4.69) is 5.32 Å². The van der Waals surface area contributed by atoms with E-state index >= 15 is 0 Å². The zero-order valence-corrected chi connectivity index (χ0v) is 13.7. The zero-order valence-electron chi connectivity index (χ0n) is 12.9. The number of benzene rings is 1. The van der Waals surface area contributed by atoms with E-state index in [1.165, 1.54) is 11.3 Å². The van der Waals surface area contributed by atoms with Crippen LogP contribution in [0.1, 0.15) is 35.0 Å². The van der Waals surface area contributed by atoms with Crippen molar-refractivity contribution < 1.29 is 19.4 Å². The molecule has 0 aliphatic carbocycles. The summed E-state index contributed by atoms with van der Waals surface area (Å²) in [6.45, 7) is 2.39. The highest BCUT2D eigenvalue weighted by molar-refractivity contribution is 7.16. The number of nitrogens with one attached hydrogen (secondary N) is 1. The molecule has 122 valence electrons. The summed E-state index contributed by atoms with van der Waals surface area (Å²) in [7, 11) is 0. The number of carboxylic acids is 1. The van der Waals surface area contributed by atoms with Gasteiger partial charge in [0.25, 0.3) is 0 Å². The minimum atomic E-state index is -1.02. The molecular weight excluding hydrogens is 314 g/mol. The van der Waals surface area contributed by atoms with E-state index in [1.54, 1.807) is 6.07 Å².